The molecule has 11 heteroatoms. The first-order chi connectivity index (χ1) is 15.7. The van der Waals surface area contributed by atoms with Crippen LogP contribution in [0.4, 0.5) is 5.69 Å². The standard InChI is InChI=1S/C21H16N6O4S/c1-29-16-8-7-12(9-17(16)30-2)23-20(28)13-11-32-18-10-22-21(24-19(13)18)31-27-15-6-4-3-5-14(15)25-26-27/h3-11H,1-2H3,(H,23,28). The van der Waals surface area contributed by atoms with E-state index in [1.165, 1.54) is 23.3 Å². The molecule has 0 bridgehead atoms. The van der Waals surface area contributed by atoms with Crippen LogP contribution >= 0.6 is 11.3 Å². The molecular weight excluding hydrogens is 432 g/mol. The maximum absolute atomic E-state index is 12.9. The van der Waals surface area contributed by atoms with Crippen molar-refractivity contribution in [2.24, 2.45) is 0 Å². The Kier molecular flexibility index (Phi) is 5.00. The summed E-state index contributed by atoms with van der Waals surface area (Å²) < 4.78 is 11.3. The Labute approximate surface area is 185 Å². The molecule has 0 saturated carbocycles. The van der Waals surface area contributed by atoms with Gasteiger partial charge in [-0.3, -0.25) is 4.79 Å². The van der Waals surface area contributed by atoms with E-state index in [-0.39, 0.29) is 11.9 Å². The number of carbonyl (C=O) groups excluding carboxylic acids is 1. The van der Waals surface area contributed by atoms with Gasteiger partial charge in [-0.15, -0.1) is 16.4 Å². The molecule has 2 aromatic carbocycles. The highest BCUT2D eigenvalue weighted by atomic mass is 32.1. The summed E-state index contributed by atoms with van der Waals surface area (Å²) in [5, 5.41) is 12.6. The molecule has 0 aliphatic rings. The molecule has 0 aliphatic carbocycles. The fourth-order valence-corrected chi connectivity index (χ4v) is 3.97. The van der Waals surface area contributed by atoms with E-state index < -0.39 is 0 Å². The topological polar surface area (TPSA) is 113 Å². The number of hydrogen-bond acceptors (Lipinski definition) is 9. The number of fused-ring (bicyclic) bond motifs is 2. The Hall–Kier alpha value is -4.25. The lowest BCUT2D eigenvalue weighted by Crippen LogP contribution is -2.13. The van der Waals surface area contributed by atoms with Gasteiger partial charge in [-0.2, -0.15) is 4.98 Å². The number of para-hydroxylation sites is 1. The molecule has 3 aromatic heterocycles. The number of anilines is 1. The van der Waals surface area contributed by atoms with E-state index in [1.54, 1.807) is 36.9 Å². The number of nitrogens with one attached hydrogen (secondary N) is 1. The molecule has 1 amide bonds. The van der Waals surface area contributed by atoms with Crippen molar-refractivity contribution >= 4 is 44.2 Å². The van der Waals surface area contributed by atoms with Gasteiger partial charge in [0.05, 0.1) is 30.7 Å². The minimum atomic E-state index is -0.320. The number of hydrogen-bond donors (Lipinski definition) is 1. The molecule has 3 heterocycles. The summed E-state index contributed by atoms with van der Waals surface area (Å²) in [6.45, 7) is 0. The summed E-state index contributed by atoms with van der Waals surface area (Å²) in [6, 6.07) is 12.5. The van der Waals surface area contributed by atoms with Gasteiger partial charge in [-0.25, -0.2) is 4.98 Å². The number of benzene rings is 2. The maximum atomic E-state index is 12.9. The predicted octanol–water partition coefficient (Wildman–Crippen LogP) is 3.55. The third-order valence-electron chi connectivity index (χ3n) is 4.67. The highest BCUT2D eigenvalue weighted by Crippen LogP contribution is 2.31. The van der Waals surface area contributed by atoms with Crippen LogP contribution in [-0.4, -0.2) is 45.3 Å². The lowest BCUT2D eigenvalue weighted by atomic mass is 10.2. The number of nitrogens with zero attached hydrogens (tertiary/aromatic N) is 5. The third-order valence-corrected chi connectivity index (χ3v) is 5.57. The van der Waals surface area contributed by atoms with Crippen molar-refractivity contribution in [1.82, 2.24) is 25.1 Å². The van der Waals surface area contributed by atoms with Crippen LogP contribution in [0.2, 0.25) is 0 Å². The lowest BCUT2D eigenvalue weighted by Gasteiger charge is -2.10. The zero-order valence-electron chi connectivity index (χ0n) is 17.0. The van der Waals surface area contributed by atoms with Crippen LogP contribution in [0.1, 0.15) is 10.4 Å². The quantitative estimate of drug-likeness (QED) is 0.420. The van der Waals surface area contributed by atoms with E-state index in [0.29, 0.717) is 39.3 Å². The SMILES string of the molecule is COc1ccc(NC(=O)c2csc3cnc(On4nnc5ccccc54)nc23)cc1OC. The van der Waals surface area contributed by atoms with Crippen molar-refractivity contribution < 1.29 is 19.1 Å². The number of amides is 1. The maximum Gasteiger partial charge on any atom is 0.346 e. The van der Waals surface area contributed by atoms with E-state index in [2.05, 4.69) is 25.6 Å². The number of methoxy groups -OCH3 is 2. The highest BCUT2D eigenvalue weighted by Gasteiger charge is 2.17. The average Bonchev–Trinajstić information content (AvgIpc) is 3.43. The van der Waals surface area contributed by atoms with Gasteiger partial charge < -0.3 is 19.6 Å². The molecule has 5 aromatic rings. The predicted molar refractivity (Wildman–Crippen MR) is 118 cm³/mol. The van der Waals surface area contributed by atoms with E-state index in [1.807, 2.05) is 24.3 Å². The summed E-state index contributed by atoms with van der Waals surface area (Å²) in [5.41, 5.74) is 2.79. The van der Waals surface area contributed by atoms with Gasteiger partial charge in [0.2, 0.25) is 0 Å². The molecule has 0 unspecified atom stereocenters. The number of aromatic nitrogens is 5. The molecule has 0 radical (unpaired) electrons. The Bertz CT molecular complexity index is 1450. The van der Waals surface area contributed by atoms with Crippen molar-refractivity contribution in [2.75, 3.05) is 19.5 Å². The van der Waals surface area contributed by atoms with Gasteiger partial charge in [-0.05, 0) is 29.5 Å². The summed E-state index contributed by atoms with van der Waals surface area (Å²) >= 11 is 1.36. The number of carbonyl (C=O) groups is 1. The fourth-order valence-electron chi connectivity index (χ4n) is 3.12. The Morgan fingerprint density at radius 3 is 2.78 bits per heavy atom. The molecule has 0 aliphatic heterocycles. The zero-order chi connectivity index (χ0) is 22.1. The lowest BCUT2D eigenvalue weighted by molar-refractivity contribution is 0.102. The van der Waals surface area contributed by atoms with Gasteiger partial charge in [0, 0.05) is 17.1 Å². The third kappa shape index (κ3) is 3.54. The Morgan fingerprint density at radius 2 is 1.94 bits per heavy atom. The average molecular weight is 448 g/mol. The van der Waals surface area contributed by atoms with Crippen LogP contribution in [0, 0.1) is 0 Å². The molecule has 0 fully saturated rings. The second-order valence-corrected chi connectivity index (χ2v) is 7.49. The minimum absolute atomic E-state index is 0.0479. The normalized spacial score (nSPS) is 10.9. The minimum Gasteiger partial charge on any atom is -0.493 e. The smallest absolute Gasteiger partial charge is 0.346 e. The van der Waals surface area contributed by atoms with Crippen LogP contribution < -0.4 is 19.6 Å². The van der Waals surface area contributed by atoms with Crippen LogP contribution in [0.5, 0.6) is 17.5 Å². The first kappa shape index (κ1) is 19.7. The first-order valence-corrected chi connectivity index (χ1v) is 10.3. The van der Waals surface area contributed by atoms with Gasteiger partial charge >= 0.3 is 6.01 Å². The van der Waals surface area contributed by atoms with Crippen LogP contribution in [0.15, 0.2) is 54.0 Å². The molecule has 0 atom stereocenters. The van der Waals surface area contributed by atoms with Gasteiger partial charge in [0.15, 0.2) is 11.5 Å². The highest BCUT2D eigenvalue weighted by molar-refractivity contribution is 7.17. The fraction of sp³-hybridized carbons (Fsp3) is 0.0952. The molecule has 0 saturated heterocycles. The first-order valence-electron chi connectivity index (χ1n) is 9.42. The van der Waals surface area contributed by atoms with Crippen molar-refractivity contribution in [3.05, 3.63) is 59.6 Å². The molecule has 5 rings (SSSR count). The van der Waals surface area contributed by atoms with Gasteiger partial charge in [0.25, 0.3) is 5.91 Å². The van der Waals surface area contributed by atoms with E-state index in [9.17, 15) is 4.79 Å². The number of rotatable bonds is 6. The molecule has 10 nitrogen and oxygen atoms in total. The van der Waals surface area contributed by atoms with Crippen molar-refractivity contribution in [3.8, 4) is 17.5 Å². The van der Waals surface area contributed by atoms with Crippen LogP contribution in [-0.2, 0) is 0 Å². The molecule has 32 heavy (non-hydrogen) atoms. The van der Waals surface area contributed by atoms with E-state index in [0.717, 1.165) is 4.70 Å². The Morgan fingerprint density at radius 1 is 1.09 bits per heavy atom. The second-order valence-electron chi connectivity index (χ2n) is 6.58. The van der Waals surface area contributed by atoms with Gasteiger partial charge in [-0.1, -0.05) is 17.0 Å². The summed E-state index contributed by atoms with van der Waals surface area (Å²) in [4.78, 5) is 28.5. The van der Waals surface area contributed by atoms with E-state index in [4.69, 9.17) is 14.3 Å². The van der Waals surface area contributed by atoms with Crippen molar-refractivity contribution in [1.29, 1.82) is 0 Å². The summed E-state index contributed by atoms with van der Waals surface area (Å²) in [6.07, 6.45) is 1.61. The van der Waals surface area contributed by atoms with E-state index >= 15 is 0 Å². The monoisotopic (exact) mass is 448 g/mol. The Balaban J connectivity index is 1.43. The summed E-state index contributed by atoms with van der Waals surface area (Å²) in [5.74, 6) is 0.763. The second kappa shape index (κ2) is 8.12. The molecular formula is C21H16N6O4S. The number of thiophene rings is 1. The largest absolute Gasteiger partial charge is 0.493 e. The van der Waals surface area contributed by atoms with Crippen molar-refractivity contribution in [2.45, 2.75) is 0 Å². The molecule has 1 N–H and O–H groups in total. The molecule has 160 valence electrons. The number of ether oxygens (including phenoxy) is 2. The summed E-state index contributed by atoms with van der Waals surface area (Å²) in [7, 11) is 3.09. The molecule has 0 spiro atoms. The van der Waals surface area contributed by atoms with Gasteiger partial charge in [0.1, 0.15) is 16.6 Å². The zero-order valence-corrected chi connectivity index (χ0v) is 17.8. The van der Waals surface area contributed by atoms with Crippen LogP contribution in [0.25, 0.3) is 21.3 Å². The van der Waals surface area contributed by atoms with Crippen LogP contribution in [0.3, 0.4) is 0 Å². The van der Waals surface area contributed by atoms with Crippen molar-refractivity contribution in [3.63, 3.8) is 0 Å².